The monoisotopic (exact) mass is 420 g/mol. The van der Waals surface area contributed by atoms with Crippen LogP contribution in [0.2, 0.25) is 0 Å². The van der Waals surface area contributed by atoms with E-state index in [0.717, 1.165) is 17.1 Å². The second-order valence-corrected chi connectivity index (χ2v) is 7.67. The van der Waals surface area contributed by atoms with Gasteiger partial charge in [-0.25, -0.2) is 4.39 Å². The highest BCUT2D eigenvalue weighted by Gasteiger charge is 2.26. The number of halogens is 1. The van der Waals surface area contributed by atoms with Gasteiger partial charge in [-0.2, -0.15) is 0 Å². The van der Waals surface area contributed by atoms with E-state index in [1.807, 2.05) is 24.3 Å². The van der Waals surface area contributed by atoms with Crippen molar-refractivity contribution in [3.8, 4) is 17.0 Å². The number of hydrogen-bond acceptors (Lipinski definition) is 5. The lowest BCUT2D eigenvalue weighted by Crippen LogP contribution is -2.52. The summed E-state index contributed by atoms with van der Waals surface area (Å²) in [4.78, 5) is 16.6. The smallest absolute Gasteiger partial charge is 0.263 e. The highest BCUT2D eigenvalue weighted by molar-refractivity contribution is 5.81. The Morgan fingerprint density at radius 2 is 1.61 bits per heavy atom. The first-order valence-corrected chi connectivity index (χ1v) is 10.4. The lowest BCUT2D eigenvalue weighted by atomic mass is 10.1. The van der Waals surface area contributed by atoms with Crippen LogP contribution >= 0.6 is 0 Å². The summed E-state index contributed by atoms with van der Waals surface area (Å²) >= 11 is 0. The molecule has 7 heteroatoms. The van der Waals surface area contributed by atoms with Crippen LogP contribution < -0.4 is 9.64 Å². The largest absolute Gasteiger partial charge is 0.481 e. The van der Waals surface area contributed by atoms with Crippen molar-refractivity contribution in [2.45, 2.75) is 20.0 Å². The summed E-state index contributed by atoms with van der Waals surface area (Å²) in [6, 6.07) is 17.8. The Hall–Kier alpha value is -3.48. The van der Waals surface area contributed by atoms with Crippen molar-refractivity contribution < 1.29 is 13.9 Å². The van der Waals surface area contributed by atoms with Gasteiger partial charge in [0.05, 0.1) is 5.69 Å². The molecule has 2 aromatic carbocycles. The predicted molar refractivity (Wildman–Crippen MR) is 117 cm³/mol. The number of anilines is 1. The second-order valence-electron chi connectivity index (χ2n) is 7.67. The molecule has 1 aliphatic rings. The van der Waals surface area contributed by atoms with E-state index in [2.05, 4.69) is 34.2 Å². The number of hydrogen-bond donors (Lipinski definition) is 0. The van der Waals surface area contributed by atoms with Crippen LogP contribution in [0.1, 0.15) is 12.5 Å². The van der Waals surface area contributed by atoms with Crippen LogP contribution in [0.4, 0.5) is 10.2 Å². The summed E-state index contributed by atoms with van der Waals surface area (Å²) in [6.45, 7) is 6.28. The molecule has 6 nitrogen and oxygen atoms in total. The topological polar surface area (TPSA) is 58.6 Å². The Labute approximate surface area is 181 Å². The van der Waals surface area contributed by atoms with Crippen LogP contribution in [0.3, 0.4) is 0 Å². The van der Waals surface area contributed by atoms with E-state index >= 15 is 0 Å². The van der Waals surface area contributed by atoms with Gasteiger partial charge in [0, 0.05) is 31.7 Å². The van der Waals surface area contributed by atoms with Crippen LogP contribution in [0.25, 0.3) is 11.3 Å². The van der Waals surface area contributed by atoms with Crippen molar-refractivity contribution in [1.29, 1.82) is 0 Å². The summed E-state index contributed by atoms with van der Waals surface area (Å²) in [5.74, 6) is 0.866. The quantitative estimate of drug-likeness (QED) is 0.630. The zero-order valence-corrected chi connectivity index (χ0v) is 17.7. The Kier molecular flexibility index (Phi) is 6.11. The molecule has 1 unspecified atom stereocenters. The fraction of sp³-hybridized carbons (Fsp3) is 0.292. The van der Waals surface area contributed by atoms with Crippen LogP contribution in [0, 0.1) is 12.7 Å². The number of ether oxygens (including phenoxy) is 1. The van der Waals surface area contributed by atoms with Crippen LogP contribution in [-0.4, -0.2) is 53.3 Å². The van der Waals surface area contributed by atoms with E-state index < -0.39 is 6.10 Å². The minimum absolute atomic E-state index is 0.0789. The molecule has 1 saturated heterocycles. The molecule has 2 heterocycles. The summed E-state index contributed by atoms with van der Waals surface area (Å²) in [6.07, 6.45) is -0.634. The highest BCUT2D eigenvalue weighted by Crippen LogP contribution is 2.20. The van der Waals surface area contributed by atoms with Gasteiger partial charge < -0.3 is 14.5 Å². The van der Waals surface area contributed by atoms with Crippen molar-refractivity contribution in [3.05, 3.63) is 72.0 Å². The van der Waals surface area contributed by atoms with Crippen molar-refractivity contribution in [3.63, 3.8) is 0 Å². The maximum Gasteiger partial charge on any atom is 0.263 e. The Morgan fingerprint density at radius 3 is 2.23 bits per heavy atom. The van der Waals surface area contributed by atoms with E-state index in [1.165, 1.54) is 29.8 Å². The van der Waals surface area contributed by atoms with Crippen LogP contribution in [-0.2, 0) is 4.79 Å². The number of piperazine rings is 1. The fourth-order valence-electron chi connectivity index (χ4n) is 3.55. The predicted octanol–water partition coefficient (Wildman–Crippen LogP) is 3.71. The van der Waals surface area contributed by atoms with Gasteiger partial charge in [0.2, 0.25) is 0 Å². The first-order valence-electron chi connectivity index (χ1n) is 10.4. The van der Waals surface area contributed by atoms with Gasteiger partial charge in [0.1, 0.15) is 11.6 Å². The van der Waals surface area contributed by atoms with Crippen LogP contribution in [0.15, 0.2) is 60.7 Å². The normalized spacial score (nSPS) is 14.9. The summed E-state index contributed by atoms with van der Waals surface area (Å²) in [5, 5.41) is 8.76. The number of benzene rings is 2. The number of carbonyl (C=O) groups is 1. The van der Waals surface area contributed by atoms with Crippen molar-refractivity contribution >= 4 is 11.7 Å². The Bertz CT molecular complexity index is 1010. The third kappa shape index (κ3) is 4.99. The second kappa shape index (κ2) is 9.12. The van der Waals surface area contributed by atoms with E-state index in [4.69, 9.17) is 4.74 Å². The molecular formula is C24H25FN4O2. The summed E-state index contributed by atoms with van der Waals surface area (Å²) in [5.41, 5.74) is 3.08. The van der Waals surface area contributed by atoms with Crippen LogP contribution in [0.5, 0.6) is 5.75 Å². The van der Waals surface area contributed by atoms with Gasteiger partial charge in [-0.3, -0.25) is 4.79 Å². The molecular weight excluding hydrogens is 395 g/mol. The average molecular weight is 420 g/mol. The molecule has 0 bridgehead atoms. The Balaban J connectivity index is 1.32. The first kappa shape index (κ1) is 20.8. The van der Waals surface area contributed by atoms with Gasteiger partial charge in [-0.15, -0.1) is 10.2 Å². The van der Waals surface area contributed by atoms with Gasteiger partial charge in [0.15, 0.2) is 11.9 Å². The van der Waals surface area contributed by atoms with Crippen molar-refractivity contribution in [2.24, 2.45) is 0 Å². The van der Waals surface area contributed by atoms with E-state index in [1.54, 1.807) is 11.8 Å². The van der Waals surface area contributed by atoms with E-state index in [9.17, 15) is 9.18 Å². The number of carbonyl (C=O) groups excluding carboxylic acids is 1. The zero-order valence-electron chi connectivity index (χ0n) is 17.7. The van der Waals surface area contributed by atoms with Gasteiger partial charge >= 0.3 is 0 Å². The molecule has 31 heavy (non-hydrogen) atoms. The molecule has 0 N–H and O–H groups in total. The average Bonchev–Trinajstić information content (AvgIpc) is 2.81. The zero-order chi connectivity index (χ0) is 21.8. The number of nitrogens with zero attached hydrogens (tertiary/aromatic N) is 4. The van der Waals surface area contributed by atoms with Gasteiger partial charge in [-0.05, 0) is 50.2 Å². The molecule has 1 aromatic heterocycles. The highest BCUT2D eigenvalue weighted by atomic mass is 19.1. The lowest BCUT2D eigenvalue weighted by molar-refractivity contribution is -0.138. The maximum atomic E-state index is 13.0. The molecule has 4 rings (SSSR count). The molecule has 1 atom stereocenters. The van der Waals surface area contributed by atoms with E-state index in [0.29, 0.717) is 31.9 Å². The molecule has 1 amide bonds. The number of aromatic nitrogens is 2. The molecule has 3 aromatic rings. The third-order valence-electron chi connectivity index (χ3n) is 5.39. The number of rotatable bonds is 5. The fourth-order valence-corrected chi connectivity index (χ4v) is 3.55. The van der Waals surface area contributed by atoms with Crippen molar-refractivity contribution in [1.82, 2.24) is 15.1 Å². The number of amides is 1. The number of aryl methyl sites for hydroxylation is 1. The Morgan fingerprint density at radius 1 is 0.935 bits per heavy atom. The van der Waals surface area contributed by atoms with Gasteiger partial charge in [0.25, 0.3) is 5.91 Å². The van der Waals surface area contributed by atoms with E-state index in [-0.39, 0.29) is 11.7 Å². The van der Waals surface area contributed by atoms with Crippen molar-refractivity contribution in [2.75, 3.05) is 31.1 Å². The summed E-state index contributed by atoms with van der Waals surface area (Å²) < 4.78 is 18.7. The molecule has 0 radical (unpaired) electrons. The first-order chi connectivity index (χ1) is 15.0. The SMILES string of the molecule is Cc1ccc(-c2ccc(N3CCN(C(=O)C(C)Oc4ccc(F)cc4)CC3)nn2)cc1. The molecule has 1 aliphatic heterocycles. The minimum Gasteiger partial charge on any atom is -0.481 e. The third-order valence-corrected chi connectivity index (χ3v) is 5.39. The standard InChI is InChI=1S/C24H25FN4O2/c1-17-3-5-19(6-4-17)22-11-12-23(27-26-22)28-13-15-29(16-14-28)24(30)18(2)31-21-9-7-20(25)8-10-21/h3-12,18H,13-16H2,1-2H3. The maximum absolute atomic E-state index is 13.0. The minimum atomic E-state index is -0.634. The molecule has 160 valence electrons. The summed E-state index contributed by atoms with van der Waals surface area (Å²) in [7, 11) is 0. The molecule has 0 saturated carbocycles. The lowest BCUT2D eigenvalue weighted by Gasteiger charge is -2.36. The molecule has 0 aliphatic carbocycles. The van der Waals surface area contributed by atoms with Gasteiger partial charge in [-0.1, -0.05) is 29.8 Å². The molecule has 1 fully saturated rings. The molecule has 0 spiro atoms.